The Kier molecular flexibility index (Phi) is 5.32. The van der Waals surface area contributed by atoms with Gasteiger partial charge in [0.2, 0.25) is 0 Å². The molecule has 21 heavy (non-hydrogen) atoms. The summed E-state index contributed by atoms with van der Waals surface area (Å²) in [5.74, 6) is 0. The first-order valence-corrected chi connectivity index (χ1v) is 9.05. The van der Waals surface area contributed by atoms with Gasteiger partial charge in [-0.25, -0.2) is 0 Å². The third-order valence-electron chi connectivity index (χ3n) is 5.57. The van der Waals surface area contributed by atoms with Gasteiger partial charge in [0.15, 0.2) is 0 Å². The van der Waals surface area contributed by atoms with Gasteiger partial charge in [0.05, 0.1) is 6.04 Å². The van der Waals surface area contributed by atoms with E-state index in [-0.39, 0.29) is 0 Å². The van der Waals surface area contributed by atoms with Crippen LogP contribution in [-0.2, 0) is 6.54 Å². The average molecular weight is 288 g/mol. The third-order valence-corrected chi connectivity index (χ3v) is 5.57. The summed E-state index contributed by atoms with van der Waals surface area (Å²) in [5, 5.41) is 0. The van der Waals surface area contributed by atoms with Crippen LogP contribution >= 0.6 is 0 Å². The second-order valence-corrected chi connectivity index (χ2v) is 7.26. The molecule has 0 amide bonds. The standard InChI is InChI=1S/C19H30N2/c1-17-7-6-8-18(15-17)16-20-11-13-21(14-12-20)19-9-4-2-3-5-10-19/h6-8,15,19H,2-5,9-14,16H2,1H3/p+2. The highest BCUT2D eigenvalue weighted by atomic mass is 15.3. The van der Waals surface area contributed by atoms with E-state index in [0.717, 1.165) is 6.04 Å². The molecular weight excluding hydrogens is 256 g/mol. The maximum atomic E-state index is 2.36. The summed E-state index contributed by atoms with van der Waals surface area (Å²) >= 11 is 0. The molecular formula is C19H32N2+2. The molecule has 1 aliphatic heterocycles. The lowest BCUT2D eigenvalue weighted by Crippen LogP contribution is -3.29. The molecule has 2 N–H and O–H groups in total. The van der Waals surface area contributed by atoms with E-state index in [1.165, 1.54) is 82.4 Å². The normalized spacial score (nSPS) is 28.2. The van der Waals surface area contributed by atoms with Crippen LogP contribution in [0.25, 0.3) is 0 Å². The van der Waals surface area contributed by atoms with Crippen LogP contribution in [0, 0.1) is 6.92 Å². The van der Waals surface area contributed by atoms with Gasteiger partial charge in [0, 0.05) is 5.56 Å². The molecule has 0 unspecified atom stereocenters. The van der Waals surface area contributed by atoms with E-state index in [4.69, 9.17) is 0 Å². The first-order chi connectivity index (χ1) is 10.3. The van der Waals surface area contributed by atoms with E-state index >= 15 is 0 Å². The van der Waals surface area contributed by atoms with Crippen molar-refractivity contribution in [2.45, 2.75) is 58.0 Å². The molecule has 0 spiro atoms. The Morgan fingerprint density at radius 2 is 1.67 bits per heavy atom. The molecule has 0 radical (unpaired) electrons. The number of nitrogens with one attached hydrogen (secondary N) is 2. The molecule has 1 heterocycles. The zero-order valence-corrected chi connectivity index (χ0v) is 13.7. The predicted molar refractivity (Wildman–Crippen MR) is 87.8 cm³/mol. The number of hydrogen-bond donors (Lipinski definition) is 2. The molecule has 0 bridgehead atoms. The van der Waals surface area contributed by atoms with E-state index in [2.05, 4.69) is 31.2 Å². The van der Waals surface area contributed by atoms with Crippen LogP contribution in [0.3, 0.4) is 0 Å². The van der Waals surface area contributed by atoms with Gasteiger partial charge in [-0.05, 0) is 32.6 Å². The lowest BCUT2D eigenvalue weighted by atomic mass is 10.1. The fourth-order valence-corrected chi connectivity index (χ4v) is 4.31. The van der Waals surface area contributed by atoms with Crippen molar-refractivity contribution < 1.29 is 9.80 Å². The number of piperazine rings is 1. The molecule has 116 valence electrons. The Morgan fingerprint density at radius 3 is 2.33 bits per heavy atom. The highest BCUT2D eigenvalue weighted by Crippen LogP contribution is 2.15. The van der Waals surface area contributed by atoms with Crippen LogP contribution in [0.2, 0.25) is 0 Å². The molecule has 1 aromatic carbocycles. The summed E-state index contributed by atoms with van der Waals surface area (Å²) in [4.78, 5) is 3.71. The number of hydrogen-bond acceptors (Lipinski definition) is 0. The summed E-state index contributed by atoms with van der Waals surface area (Å²) < 4.78 is 0. The number of benzene rings is 1. The zero-order chi connectivity index (χ0) is 14.5. The van der Waals surface area contributed by atoms with E-state index in [9.17, 15) is 0 Å². The van der Waals surface area contributed by atoms with Crippen molar-refractivity contribution in [3.8, 4) is 0 Å². The second-order valence-electron chi connectivity index (χ2n) is 7.26. The molecule has 2 aliphatic rings. The summed E-state index contributed by atoms with van der Waals surface area (Å²) in [6.45, 7) is 8.93. The lowest BCUT2D eigenvalue weighted by Gasteiger charge is -2.34. The Bertz CT molecular complexity index is 427. The largest absolute Gasteiger partial charge is 0.323 e. The fraction of sp³-hybridized carbons (Fsp3) is 0.684. The van der Waals surface area contributed by atoms with Crippen molar-refractivity contribution in [3.05, 3.63) is 35.4 Å². The maximum absolute atomic E-state index is 2.36. The van der Waals surface area contributed by atoms with Gasteiger partial charge in [-0.2, -0.15) is 0 Å². The smallest absolute Gasteiger partial charge is 0.127 e. The molecule has 2 heteroatoms. The van der Waals surface area contributed by atoms with Crippen LogP contribution in [0.5, 0.6) is 0 Å². The Labute approximate surface area is 130 Å². The highest BCUT2D eigenvalue weighted by Gasteiger charge is 2.29. The van der Waals surface area contributed by atoms with Crippen LogP contribution in [0.4, 0.5) is 0 Å². The van der Waals surface area contributed by atoms with Gasteiger partial charge >= 0.3 is 0 Å². The molecule has 1 aromatic rings. The summed E-state index contributed by atoms with van der Waals surface area (Å²) in [7, 11) is 0. The van der Waals surface area contributed by atoms with Gasteiger partial charge in [-0.3, -0.25) is 0 Å². The van der Waals surface area contributed by atoms with E-state index in [1.807, 2.05) is 4.90 Å². The van der Waals surface area contributed by atoms with Crippen LogP contribution in [-0.4, -0.2) is 32.2 Å². The van der Waals surface area contributed by atoms with Crippen LogP contribution in [0.1, 0.15) is 49.7 Å². The van der Waals surface area contributed by atoms with E-state index in [1.54, 1.807) is 4.90 Å². The van der Waals surface area contributed by atoms with E-state index in [0.29, 0.717) is 0 Å². The summed E-state index contributed by atoms with van der Waals surface area (Å²) in [5.41, 5.74) is 2.91. The summed E-state index contributed by atoms with van der Waals surface area (Å²) in [6.07, 6.45) is 8.90. The quantitative estimate of drug-likeness (QED) is 0.768. The van der Waals surface area contributed by atoms with Gasteiger partial charge in [-0.15, -0.1) is 0 Å². The van der Waals surface area contributed by atoms with Gasteiger partial charge in [-0.1, -0.05) is 42.7 Å². The number of rotatable bonds is 3. The van der Waals surface area contributed by atoms with Gasteiger partial charge in [0.1, 0.15) is 32.7 Å². The molecule has 0 aromatic heterocycles. The zero-order valence-electron chi connectivity index (χ0n) is 13.7. The van der Waals surface area contributed by atoms with Crippen molar-refractivity contribution in [2.75, 3.05) is 26.2 Å². The third kappa shape index (κ3) is 4.31. The first kappa shape index (κ1) is 15.1. The van der Waals surface area contributed by atoms with Crippen molar-refractivity contribution in [3.63, 3.8) is 0 Å². The molecule has 2 nitrogen and oxygen atoms in total. The Hall–Kier alpha value is -0.860. The number of aryl methyl sites for hydroxylation is 1. The second kappa shape index (κ2) is 7.42. The highest BCUT2D eigenvalue weighted by molar-refractivity contribution is 5.21. The van der Waals surface area contributed by atoms with E-state index < -0.39 is 0 Å². The molecule has 1 saturated carbocycles. The Balaban J connectivity index is 1.48. The molecule has 1 saturated heterocycles. The number of quaternary nitrogens is 2. The van der Waals surface area contributed by atoms with Crippen LogP contribution < -0.4 is 9.80 Å². The minimum atomic E-state index is 0.980. The maximum Gasteiger partial charge on any atom is 0.127 e. The molecule has 0 atom stereocenters. The first-order valence-electron chi connectivity index (χ1n) is 9.05. The predicted octanol–water partition coefficient (Wildman–Crippen LogP) is 1.00. The summed E-state index contributed by atoms with van der Waals surface area (Å²) in [6, 6.07) is 10.0. The fourth-order valence-electron chi connectivity index (χ4n) is 4.31. The van der Waals surface area contributed by atoms with Crippen molar-refractivity contribution in [1.82, 2.24) is 0 Å². The molecule has 2 fully saturated rings. The van der Waals surface area contributed by atoms with Crippen LogP contribution in [0.15, 0.2) is 24.3 Å². The Morgan fingerprint density at radius 1 is 0.952 bits per heavy atom. The lowest BCUT2D eigenvalue weighted by molar-refractivity contribution is -1.03. The van der Waals surface area contributed by atoms with Crippen molar-refractivity contribution in [1.29, 1.82) is 0 Å². The SMILES string of the molecule is Cc1cccc(C[NH+]2CC[NH+](C3CCCCCC3)CC2)c1. The topological polar surface area (TPSA) is 8.88 Å². The van der Waals surface area contributed by atoms with Gasteiger partial charge in [0.25, 0.3) is 0 Å². The molecule has 3 rings (SSSR count). The minimum absolute atomic E-state index is 0.980. The molecule has 1 aliphatic carbocycles. The van der Waals surface area contributed by atoms with Gasteiger partial charge < -0.3 is 9.80 Å². The van der Waals surface area contributed by atoms with Crippen molar-refractivity contribution >= 4 is 0 Å². The average Bonchev–Trinajstić information content (AvgIpc) is 2.77. The monoisotopic (exact) mass is 288 g/mol. The van der Waals surface area contributed by atoms with Crippen molar-refractivity contribution in [2.24, 2.45) is 0 Å². The minimum Gasteiger partial charge on any atom is -0.323 e.